The Morgan fingerprint density at radius 2 is 1.41 bits per heavy atom. The van der Waals surface area contributed by atoms with Gasteiger partial charge in [-0.1, -0.05) is 30.3 Å². The first-order chi connectivity index (χ1) is 15.7. The summed E-state index contributed by atoms with van der Waals surface area (Å²) in [7, 11) is 0. The molecular formula is C26H22N4O2. The van der Waals surface area contributed by atoms with Gasteiger partial charge in [-0.05, 0) is 30.9 Å². The predicted octanol–water partition coefficient (Wildman–Crippen LogP) is 3.93. The lowest BCUT2D eigenvalue weighted by molar-refractivity contribution is -0.122. The van der Waals surface area contributed by atoms with E-state index in [0.29, 0.717) is 11.1 Å². The number of rotatable bonds is 2. The number of nitrogens with zero attached hydrogens (tertiary/aromatic N) is 2. The van der Waals surface area contributed by atoms with Gasteiger partial charge in [-0.25, -0.2) is 0 Å². The van der Waals surface area contributed by atoms with Gasteiger partial charge in [0.15, 0.2) is 0 Å². The number of imide groups is 1. The molecule has 6 heteroatoms. The van der Waals surface area contributed by atoms with Gasteiger partial charge in [-0.3, -0.25) is 14.9 Å². The number of aryl methyl sites for hydroxylation is 3. The summed E-state index contributed by atoms with van der Waals surface area (Å²) in [5.74, 6) is -0.623. The van der Waals surface area contributed by atoms with Crippen molar-refractivity contribution in [3.05, 3.63) is 65.5 Å². The molecule has 2 aromatic carbocycles. The summed E-state index contributed by atoms with van der Waals surface area (Å²) < 4.78 is 4.46. The summed E-state index contributed by atoms with van der Waals surface area (Å²) in [6.45, 7) is 2.73. The number of anilines is 1. The Hall–Kier alpha value is -3.80. The highest BCUT2D eigenvalue weighted by Gasteiger charge is 2.36. The summed E-state index contributed by atoms with van der Waals surface area (Å²) >= 11 is 0. The highest BCUT2D eigenvalue weighted by atomic mass is 16.2. The first kappa shape index (κ1) is 17.8. The number of aromatic nitrogens is 2. The van der Waals surface area contributed by atoms with E-state index in [0.717, 1.165) is 72.0 Å². The van der Waals surface area contributed by atoms with Crippen LogP contribution in [0.3, 0.4) is 0 Å². The van der Waals surface area contributed by atoms with Crippen molar-refractivity contribution in [2.75, 3.05) is 11.9 Å². The zero-order chi connectivity index (χ0) is 21.4. The van der Waals surface area contributed by atoms with Crippen molar-refractivity contribution in [1.29, 1.82) is 0 Å². The molecule has 7 rings (SSSR count). The van der Waals surface area contributed by atoms with Crippen LogP contribution in [0.4, 0.5) is 5.69 Å². The van der Waals surface area contributed by atoms with E-state index in [2.05, 4.69) is 56.4 Å². The number of hydrogen-bond acceptors (Lipinski definition) is 3. The fourth-order valence-corrected chi connectivity index (χ4v) is 5.77. The Balaban J connectivity index is 1.55. The van der Waals surface area contributed by atoms with Crippen molar-refractivity contribution >= 4 is 50.5 Å². The minimum atomic E-state index is -0.314. The first-order valence-corrected chi connectivity index (χ1v) is 11.3. The molecule has 0 spiro atoms. The second-order valence-corrected chi connectivity index (χ2v) is 8.90. The maximum Gasteiger partial charge on any atom is 0.259 e. The Bertz CT molecular complexity index is 1520. The second kappa shape index (κ2) is 6.36. The van der Waals surface area contributed by atoms with E-state index in [4.69, 9.17) is 0 Å². The molecule has 2 aromatic heterocycles. The van der Waals surface area contributed by atoms with Crippen LogP contribution in [0.25, 0.3) is 33.0 Å². The molecule has 4 aromatic rings. The third-order valence-corrected chi connectivity index (χ3v) is 7.09. The molecule has 0 saturated heterocycles. The van der Waals surface area contributed by atoms with Crippen LogP contribution >= 0.6 is 0 Å². The van der Waals surface area contributed by atoms with Crippen molar-refractivity contribution in [1.82, 2.24) is 14.5 Å². The van der Waals surface area contributed by atoms with Gasteiger partial charge in [0.2, 0.25) is 0 Å². The molecule has 3 aliphatic heterocycles. The van der Waals surface area contributed by atoms with Gasteiger partial charge >= 0.3 is 0 Å². The Kier molecular flexibility index (Phi) is 3.54. The Morgan fingerprint density at radius 1 is 0.750 bits per heavy atom. The molecule has 0 atom stereocenters. The topological polar surface area (TPSA) is 68.1 Å². The molecule has 158 valence electrons. The molecule has 0 aliphatic carbocycles. The van der Waals surface area contributed by atoms with Crippen LogP contribution in [0, 0.1) is 0 Å². The number of nitrogens with one attached hydrogen (secondary N) is 2. The van der Waals surface area contributed by atoms with E-state index in [-0.39, 0.29) is 11.8 Å². The van der Waals surface area contributed by atoms with E-state index >= 15 is 0 Å². The van der Waals surface area contributed by atoms with Gasteiger partial charge < -0.3 is 14.5 Å². The first-order valence-electron chi connectivity index (χ1n) is 11.3. The number of carbonyl (C=O) groups excluding carboxylic acids is 2. The molecule has 5 heterocycles. The number of amides is 2. The van der Waals surface area contributed by atoms with Crippen molar-refractivity contribution < 1.29 is 9.59 Å². The van der Waals surface area contributed by atoms with Crippen LogP contribution < -0.4 is 10.6 Å². The monoisotopic (exact) mass is 422 g/mol. The van der Waals surface area contributed by atoms with Crippen molar-refractivity contribution in [2.45, 2.75) is 32.4 Å². The largest absolute Gasteiger partial charge is 0.383 e. The zero-order valence-corrected chi connectivity index (χ0v) is 17.6. The highest BCUT2D eigenvalue weighted by Crippen LogP contribution is 2.41. The minimum Gasteiger partial charge on any atom is -0.383 e. The lowest BCUT2D eigenvalue weighted by Crippen LogP contribution is -2.22. The molecule has 0 bridgehead atoms. The summed E-state index contributed by atoms with van der Waals surface area (Å²) in [5, 5.41) is 8.13. The highest BCUT2D eigenvalue weighted by molar-refractivity contribution is 6.51. The Labute approximate surface area is 184 Å². The SMILES string of the molecule is O=C1NC(=O)C(c2cn3c4c(cccc24)NCCC3)=C1c1cn2c3c(cccc13)CCC2. The number of hydrogen-bond donors (Lipinski definition) is 2. The van der Waals surface area contributed by atoms with Gasteiger partial charge in [0.25, 0.3) is 11.8 Å². The fourth-order valence-electron chi connectivity index (χ4n) is 5.77. The molecular weight excluding hydrogens is 400 g/mol. The van der Waals surface area contributed by atoms with Crippen LogP contribution in [0.15, 0.2) is 48.8 Å². The van der Waals surface area contributed by atoms with Crippen molar-refractivity contribution in [3.63, 3.8) is 0 Å². The Morgan fingerprint density at radius 3 is 2.19 bits per heavy atom. The van der Waals surface area contributed by atoms with Crippen LogP contribution in [-0.2, 0) is 29.1 Å². The molecule has 0 saturated carbocycles. The number of para-hydroxylation sites is 2. The van der Waals surface area contributed by atoms with Gasteiger partial charge in [0, 0.05) is 53.9 Å². The maximum absolute atomic E-state index is 13.1. The summed E-state index contributed by atoms with van der Waals surface area (Å²) in [5.41, 5.74) is 7.33. The third kappa shape index (κ3) is 2.29. The molecule has 6 nitrogen and oxygen atoms in total. The van der Waals surface area contributed by atoms with E-state index in [1.165, 1.54) is 11.1 Å². The summed E-state index contributed by atoms with van der Waals surface area (Å²) in [6.07, 6.45) is 7.25. The van der Waals surface area contributed by atoms with E-state index in [1.807, 2.05) is 12.1 Å². The number of carbonyl (C=O) groups is 2. The second-order valence-electron chi connectivity index (χ2n) is 8.90. The lowest BCUT2D eigenvalue weighted by Gasteiger charge is -2.14. The van der Waals surface area contributed by atoms with Crippen molar-refractivity contribution in [3.8, 4) is 0 Å². The smallest absolute Gasteiger partial charge is 0.259 e. The third-order valence-electron chi connectivity index (χ3n) is 7.09. The molecule has 3 aliphatic rings. The van der Waals surface area contributed by atoms with Crippen LogP contribution in [0.2, 0.25) is 0 Å². The fraction of sp³-hybridized carbons (Fsp3) is 0.231. The standard InChI is InChI=1S/C26H22N4O2/c31-25-21(18-13-29-11-3-6-15-5-1-7-16(18)23(15)29)22(26(32)28-25)19-14-30-12-4-10-27-20-9-2-8-17(19)24(20)30/h1-2,5,7-9,13-14,27H,3-4,6,10-12H2,(H,28,31,32). The average Bonchev–Trinajstić information content (AvgIpc) is 3.38. The molecule has 2 amide bonds. The molecule has 32 heavy (non-hydrogen) atoms. The molecule has 0 fully saturated rings. The average molecular weight is 422 g/mol. The predicted molar refractivity (Wildman–Crippen MR) is 125 cm³/mol. The minimum absolute atomic E-state index is 0.309. The van der Waals surface area contributed by atoms with Crippen LogP contribution in [0.5, 0.6) is 0 Å². The number of benzene rings is 2. The van der Waals surface area contributed by atoms with Gasteiger partial charge in [0.1, 0.15) is 0 Å². The van der Waals surface area contributed by atoms with E-state index < -0.39 is 0 Å². The van der Waals surface area contributed by atoms with E-state index in [1.54, 1.807) is 0 Å². The molecule has 2 N–H and O–H groups in total. The maximum atomic E-state index is 13.1. The van der Waals surface area contributed by atoms with Crippen LogP contribution in [0.1, 0.15) is 29.5 Å². The van der Waals surface area contributed by atoms with Crippen LogP contribution in [-0.4, -0.2) is 27.5 Å². The quantitative estimate of drug-likeness (QED) is 0.481. The summed E-state index contributed by atoms with van der Waals surface area (Å²) in [4.78, 5) is 26.3. The lowest BCUT2D eigenvalue weighted by atomic mass is 9.94. The van der Waals surface area contributed by atoms with E-state index in [9.17, 15) is 9.59 Å². The van der Waals surface area contributed by atoms with Gasteiger partial charge in [0.05, 0.1) is 27.9 Å². The van der Waals surface area contributed by atoms with Gasteiger partial charge in [-0.2, -0.15) is 0 Å². The van der Waals surface area contributed by atoms with Gasteiger partial charge in [-0.15, -0.1) is 0 Å². The zero-order valence-electron chi connectivity index (χ0n) is 17.6. The summed E-state index contributed by atoms with van der Waals surface area (Å²) in [6, 6.07) is 12.4. The van der Waals surface area contributed by atoms with Crippen molar-refractivity contribution in [2.24, 2.45) is 0 Å². The molecule has 0 unspecified atom stereocenters. The molecule has 0 radical (unpaired) electrons. The normalized spacial score (nSPS) is 17.8.